The Morgan fingerprint density at radius 1 is 1.53 bits per heavy atom. The number of rotatable bonds is 5. The van der Waals surface area contributed by atoms with Gasteiger partial charge in [0.15, 0.2) is 0 Å². The Balaban J connectivity index is 2.71. The lowest BCUT2D eigenvalue weighted by atomic mass is 10.3. The fourth-order valence-corrected chi connectivity index (χ4v) is 1.34. The summed E-state index contributed by atoms with van der Waals surface area (Å²) >= 11 is 5.86. The molecule has 0 heterocycles. The van der Waals surface area contributed by atoms with Crippen LogP contribution in [0, 0.1) is 0 Å². The molecule has 0 spiro atoms. The third-order valence-electron chi connectivity index (χ3n) is 1.86. The molecule has 0 bridgehead atoms. The van der Waals surface area contributed by atoms with Gasteiger partial charge in [-0.05, 0) is 24.6 Å². The first-order chi connectivity index (χ1) is 8.04. The third-order valence-corrected chi connectivity index (χ3v) is 2.15. The number of alkyl halides is 2. The third kappa shape index (κ3) is 4.19. The summed E-state index contributed by atoms with van der Waals surface area (Å²) in [4.78, 5) is 10.7. The van der Waals surface area contributed by atoms with E-state index in [1.54, 1.807) is 0 Å². The number of ether oxygens (including phenoxy) is 1. The van der Waals surface area contributed by atoms with Gasteiger partial charge in [-0.25, -0.2) is 0 Å². The number of benzene rings is 1. The first-order valence-electron chi connectivity index (χ1n) is 5.06. The molecule has 0 saturated carbocycles. The van der Waals surface area contributed by atoms with Crippen molar-refractivity contribution >= 4 is 23.2 Å². The summed E-state index contributed by atoms with van der Waals surface area (Å²) in [5, 5.41) is 2.31. The summed E-state index contributed by atoms with van der Waals surface area (Å²) < 4.78 is 29.3. The predicted molar refractivity (Wildman–Crippen MR) is 61.9 cm³/mol. The van der Waals surface area contributed by atoms with Crippen LogP contribution in [0.2, 0.25) is 5.02 Å². The van der Waals surface area contributed by atoms with E-state index in [1.165, 1.54) is 18.2 Å². The number of carbonyl (C=O) groups excluding carboxylic acids is 1. The number of carbonyl (C=O) groups is 1. The molecular formula is C11H12ClF2NO2. The molecular weight excluding hydrogens is 252 g/mol. The minimum absolute atomic E-state index is 0.212. The van der Waals surface area contributed by atoms with Crippen molar-refractivity contribution in [3.05, 3.63) is 23.2 Å². The van der Waals surface area contributed by atoms with Gasteiger partial charge < -0.3 is 10.1 Å². The van der Waals surface area contributed by atoms with Gasteiger partial charge in [0, 0.05) is 5.69 Å². The average Bonchev–Trinajstić information content (AvgIpc) is 2.28. The van der Waals surface area contributed by atoms with Gasteiger partial charge in [0.05, 0.1) is 11.6 Å². The van der Waals surface area contributed by atoms with Crippen molar-refractivity contribution in [2.75, 3.05) is 11.9 Å². The van der Waals surface area contributed by atoms with Crippen LogP contribution in [0.15, 0.2) is 18.2 Å². The summed E-state index contributed by atoms with van der Waals surface area (Å²) in [7, 11) is 0. The molecule has 0 saturated heterocycles. The van der Waals surface area contributed by atoms with Crippen molar-refractivity contribution < 1.29 is 18.3 Å². The maximum absolute atomic E-state index is 12.0. The number of halogens is 3. The van der Waals surface area contributed by atoms with Crippen molar-refractivity contribution in [1.29, 1.82) is 0 Å². The maximum atomic E-state index is 12.0. The quantitative estimate of drug-likeness (QED) is 0.885. The van der Waals surface area contributed by atoms with Crippen LogP contribution in [0.25, 0.3) is 0 Å². The van der Waals surface area contributed by atoms with Crippen molar-refractivity contribution in [3.63, 3.8) is 0 Å². The van der Waals surface area contributed by atoms with Gasteiger partial charge in [-0.15, -0.1) is 0 Å². The summed E-state index contributed by atoms with van der Waals surface area (Å²) in [6, 6.07) is 4.35. The lowest BCUT2D eigenvalue weighted by molar-refractivity contribution is -0.126. The molecule has 17 heavy (non-hydrogen) atoms. The standard InChI is InChI=1S/C11H12ClF2NO2/c1-2-5-17-9-4-3-7(6-8(9)12)15-11(16)10(13)14/h3-4,6,10H,2,5H2,1H3,(H,15,16). The van der Waals surface area contributed by atoms with E-state index in [2.05, 4.69) is 0 Å². The van der Waals surface area contributed by atoms with Crippen LogP contribution in [0.3, 0.4) is 0 Å². The van der Waals surface area contributed by atoms with Crippen LogP contribution in [-0.4, -0.2) is 18.9 Å². The minimum atomic E-state index is -3.05. The Kier molecular flexibility index (Phi) is 5.15. The lowest BCUT2D eigenvalue weighted by Crippen LogP contribution is -2.19. The van der Waals surface area contributed by atoms with E-state index in [-0.39, 0.29) is 10.7 Å². The summed E-state index contributed by atoms with van der Waals surface area (Å²) in [5.41, 5.74) is 0.212. The molecule has 1 aromatic rings. The smallest absolute Gasteiger partial charge is 0.315 e. The van der Waals surface area contributed by atoms with E-state index in [0.717, 1.165) is 6.42 Å². The fourth-order valence-electron chi connectivity index (χ4n) is 1.10. The summed E-state index contributed by atoms with van der Waals surface area (Å²) in [5.74, 6) is -0.896. The van der Waals surface area contributed by atoms with E-state index in [9.17, 15) is 13.6 Å². The monoisotopic (exact) mass is 263 g/mol. The molecule has 0 aromatic heterocycles. The molecule has 94 valence electrons. The number of anilines is 1. The lowest BCUT2D eigenvalue weighted by Gasteiger charge is -2.09. The molecule has 1 aromatic carbocycles. The summed E-state index contributed by atoms with van der Waals surface area (Å²) in [6.45, 7) is 2.47. The van der Waals surface area contributed by atoms with Crippen LogP contribution < -0.4 is 10.1 Å². The minimum Gasteiger partial charge on any atom is -0.492 e. The zero-order valence-corrected chi connectivity index (χ0v) is 9.93. The molecule has 1 rings (SSSR count). The van der Waals surface area contributed by atoms with Gasteiger partial charge in [0.2, 0.25) is 0 Å². The van der Waals surface area contributed by atoms with Crippen molar-refractivity contribution in [3.8, 4) is 5.75 Å². The van der Waals surface area contributed by atoms with Crippen LogP contribution in [0.1, 0.15) is 13.3 Å². The van der Waals surface area contributed by atoms with Gasteiger partial charge >= 0.3 is 6.43 Å². The fraction of sp³-hybridized carbons (Fsp3) is 0.364. The Hall–Kier alpha value is -1.36. The Morgan fingerprint density at radius 3 is 2.76 bits per heavy atom. The zero-order valence-electron chi connectivity index (χ0n) is 9.17. The number of amides is 1. The van der Waals surface area contributed by atoms with Gasteiger partial charge in [-0.2, -0.15) is 8.78 Å². The van der Waals surface area contributed by atoms with Crippen LogP contribution in [0.4, 0.5) is 14.5 Å². The van der Waals surface area contributed by atoms with E-state index in [4.69, 9.17) is 16.3 Å². The molecule has 0 radical (unpaired) electrons. The maximum Gasteiger partial charge on any atom is 0.315 e. The predicted octanol–water partition coefficient (Wildman–Crippen LogP) is 3.33. The Morgan fingerprint density at radius 2 is 2.24 bits per heavy atom. The highest BCUT2D eigenvalue weighted by molar-refractivity contribution is 6.32. The molecule has 1 N–H and O–H groups in total. The first kappa shape index (κ1) is 13.7. The first-order valence-corrected chi connectivity index (χ1v) is 5.43. The van der Waals surface area contributed by atoms with Crippen molar-refractivity contribution in [1.82, 2.24) is 0 Å². The van der Waals surface area contributed by atoms with Gasteiger partial charge in [0.1, 0.15) is 5.75 Å². The highest BCUT2D eigenvalue weighted by Crippen LogP contribution is 2.27. The SMILES string of the molecule is CCCOc1ccc(NC(=O)C(F)F)cc1Cl. The molecule has 0 unspecified atom stereocenters. The van der Waals surface area contributed by atoms with Gasteiger partial charge in [-0.3, -0.25) is 4.79 Å². The van der Waals surface area contributed by atoms with Crippen molar-refractivity contribution in [2.45, 2.75) is 19.8 Å². The van der Waals surface area contributed by atoms with E-state index < -0.39 is 12.3 Å². The second kappa shape index (κ2) is 6.39. The topological polar surface area (TPSA) is 38.3 Å². The molecule has 0 aliphatic carbocycles. The Bertz CT molecular complexity index is 399. The molecule has 6 heteroatoms. The Labute approximate surface area is 103 Å². The summed E-state index contributed by atoms with van der Waals surface area (Å²) in [6.07, 6.45) is -2.22. The average molecular weight is 264 g/mol. The zero-order chi connectivity index (χ0) is 12.8. The molecule has 0 aliphatic heterocycles. The van der Waals surface area contributed by atoms with E-state index in [1.807, 2.05) is 12.2 Å². The molecule has 0 fully saturated rings. The van der Waals surface area contributed by atoms with Crippen LogP contribution in [-0.2, 0) is 4.79 Å². The van der Waals surface area contributed by atoms with Crippen LogP contribution >= 0.6 is 11.6 Å². The van der Waals surface area contributed by atoms with E-state index in [0.29, 0.717) is 12.4 Å². The highest BCUT2D eigenvalue weighted by Gasteiger charge is 2.15. The van der Waals surface area contributed by atoms with Crippen molar-refractivity contribution in [2.24, 2.45) is 0 Å². The molecule has 3 nitrogen and oxygen atoms in total. The normalized spacial score (nSPS) is 10.4. The number of hydrogen-bond acceptors (Lipinski definition) is 2. The molecule has 1 amide bonds. The molecule has 0 atom stereocenters. The molecule has 0 aliphatic rings. The van der Waals surface area contributed by atoms with Gasteiger partial charge in [0.25, 0.3) is 5.91 Å². The number of hydrogen-bond donors (Lipinski definition) is 1. The van der Waals surface area contributed by atoms with E-state index >= 15 is 0 Å². The largest absolute Gasteiger partial charge is 0.492 e. The van der Waals surface area contributed by atoms with Gasteiger partial charge in [-0.1, -0.05) is 18.5 Å². The number of nitrogens with one attached hydrogen (secondary N) is 1. The second-order valence-electron chi connectivity index (χ2n) is 3.28. The highest BCUT2D eigenvalue weighted by atomic mass is 35.5. The van der Waals surface area contributed by atoms with Crippen LogP contribution in [0.5, 0.6) is 5.75 Å². The second-order valence-corrected chi connectivity index (χ2v) is 3.69.